The van der Waals surface area contributed by atoms with Crippen LogP contribution in [0.25, 0.3) is 10.9 Å². The second-order valence-corrected chi connectivity index (χ2v) is 16.2. The van der Waals surface area contributed by atoms with Crippen molar-refractivity contribution in [2.45, 2.75) is 65.0 Å². The summed E-state index contributed by atoms with van der Waals surface area (Å²) in [5.74, 6) is -2.61. The van der Waals surface area contributed by atoms with Gasteiger partial charge in [0.15, 0.2) is 8.32 Å². The molecule has 0 fully saturated rings. The largest absolute Gasteiger partial charge is 0.454 e. The molecule has 13 heteroatoms. The van der Waals surface area contributed by atoms with Crippen molar-refractivity contribution in [1.82, 2.24) is 14.5 Å². The highest BCUT2D eigenvalue weighted by atomic mass is 35.5. The van der Waals surface area contributed by atoms with E-state index in [2.05, 4.69) is 43.8 Å². The first-order chi connectivity index (χ1) is 18.0. The van der Waals surface area contributed by atoms with Gasteiger partial charge in [-0.3, -0.25) is 9.59 Å². The van der Waals surface area contributed by atoms with Crippen LogP contribution in [0.15, 0.2) is 30.7 Å². The summed E-state index contributed by atoms with van der Waals surface area (Å²) in [5, 5.41) is -0.347. The van der Waals surface area contributed by atoms with E-state index in [0.717, 1.165) is 6.33 Å². The SMILES string of the molecule is CCCn1cc(C(=O)C(F)(F)F)c2cc(N(CCO[Si](C)(C)C(C)(C)C)C(=O)c3c(Cl)ncnc3Cl)ccc21. The maximum absolute atomic E-state index is 13.7. The Balaban J connectivity index is 2.14. The lowest BCUT2D eigenvalue weighted by Gasteiger charge is -2.37. The number of Topliss-reactive ketones (excluding diaryl/α,β-unsaturated/α-hetero) is 1. The molecule has 1 aromatic carbocycles. The molecule has 3 rings (SSSR count). The van der Waals surface area contributed by atoms with Crippen molar-refractivity contribution in [3.63, 3.8) is 0 Å². The molecular formula is C26H31Cl2F3N4O3Si. The minimum atomic E-state index is -5.06. The first kappa shape index (κ1) is 31.1. The zero-order chi connectivity index (χ0) is 29.3. The van der Waals surface area contributed by atoms with Gasteiger partial charge in [0.1, 0.15) is 22.2 Å². The Morgan fingerprint density at radius 1 is 1.10 bits per heavy atom. The summed E-state index contributed by atoms with van der Waals surface area (Å²) in [6.07, 6.45) is -2.09. The first-order valence-corrected chi connectivity index (χ1v) is 16.0. The summed E-state index contributed by atoms with van der Waals surface area (Å²) >= 11 is 12.4. The Labute approximate surface area is 236 Å². The van der Waals surface area contributed by atoms with Crippen LogP contribution in [0, 0.1) is 0 Å². The number of nitrogens with zero attached hydrogens (tertiary/aromatic N) is 4. The molecule has 0 aliphatic heterocycles. The van der Waals surface area contributed by atoms with E-state index in [1.165, 1.54) is 17.2 Å². The molecule has 0 bridgehead atoms. The maximum Gasteiger partial charge on any atom is 0.454 e. The predicted molar refractivity (Wildman–Crippen MR) is 149 cm³/mol. The van der Waals surface area contributed by atoms with Crippen molar-refractivity contribution in [2.75, 3.05) is 18.1 Å². The number of rotatable bonds is 9. The zero-order valence-corrected chi connectivity index (χ0v) is 25.1. The minimum absolute atomic E-state index is 0.0383. The number of halogens is 5. The van der Waals surface area contributed by atoms with Gasteiger partial charge in [0.05, 0.1) is 12.2 Å². The number of carbonyl (C=O) groups excluding carboxylic acids is 2. The Kier molecular flexibility index (Phi) is 9.21. The second-order valence-electron chi connectivity index (χ2n) is 10.7. The van der Waals surface area contributed by atoms with Crippen LogP contribution in [0.1, 0.15) is 54.8 Å². The number of aryl methyl sites for hydroxylation is 1. The number of benzene rings is 1. The lowest BCUT2D eigenvalue weighted by Crippen LogP contribution is -2.43. The molecule has 0 aliphatic rings. The van der Waals surface area contributed by atoms with Crippen molar-refractivity contribution in [3.05, 3.63) is 52.2 Å². The zero-order valence-electron chi connectivity index (χ0n) is 22.6. The van der Waals surface area contributed by atoms with E-state index in [1.54, 1.807) is 16.7 Å². The van der Waals surface area contributed by atoms with Crippen molar-refractivity contribution in [3.8, 4) is 0 Å². The quantitative estimate of drug-likeness (QED) is 0.143. The smallest absolute Gasteiger partial charge is 0.415 e. The highest BCUT2D eigenvalue weighted by Crippen LogP contribution is 2.37. The van der Waals surface area contributed by atoms with E-state index in [4.69, 9.17) is 27.6 Å². The third-order valence-corrected chi connectivity index (χ3v) is 12.1. The third kappa shape index (κ3) is 6.64. The molecule has 2 aromatic heterocycles. The fourth-order valence-electron chi connectivity index (χ4n) is 3.82. The Bertz CT molecular complexity index is 1370. The monoisotopic (exact) mass is 602 g/mol. The molecule has 39 heavy (non-hydrogen) atoms. The molecule has 0 N–H and O–H groups in total. The Morgan fingerprint density at radius 3 is 2.26 bits per heavy atom. The van der Waals surface area contributed by atoms with E-state index in [9.17, 15) is 22.8 Å². The molecule has 0 atom stereocenters. The standard InChI is InChI=1S/C26H31Cl2F3N4O3Si/c1-7-10-34-14-18(21(36)26(29,30)31)17-13-16(8-9-19(17)34)35(11-12-38-39(5,6)25(2,3)4)24(37)20-22(27)32-15-33-23(20)28/h8-9,13-15H,7,10-12H2,1-6H3. The van der Waals surface area contributed by atoms with Gasteiger partial charge >= 0.3 is 6.18 Å². The van der Waals surface area contributed by atoms with E-state index in [1.807, 2.05) is 6.92 Å². The van der Waals surface area contributed by atoms with Gasteiger partial charge in [-0.2, -0.15) is 13.2 Å². The number of anilines is 1. The molecule has 0 saturated heterocycles. The molecule has 7 nitrogen and oxygen atoms in total. The number of amides is 1. The summed E-state index contributed by atoms with van der Waals surface area (Å²) in [4.78, 5) is 35.1. The molecule has 0 aliphatic carbocycles. The minimum Gasteiger partial charge on any atom is -0.415 e. The fourth-order valence-corrected chi connectivity index (χ4v) is 5.34. The van der Waals surface area contributed by atoms with Gasteiger partial charge in [0.25, 0.3) is 11.7 Å². The van der Waals surface area contributed by atoms with Crippen molar-refractivity contribution in [2.24, 2.45) is 0 Å². The van der Waals surface area contributed by atoms with Crippen LogP contribution in [-0.4, -0.2) is 53.9 Å². The summed E-state index contributed by atoms with van der Waals surface area (Å²) in [6, 6.07) is 4.59. The van der Waals surface area contributed by atoms with Crippen LogP contribution in [0.2, 0.25) is 28.4 Å². The summed E-state index contributed by atoms with van der Waals surface area (Å²) < 4.78 is 48.2. The normalized spacial score (nSPS) is 12.7. The summed E-state index contributed by atoms with van der Waals surface area (Å²) in [5.41, 5.74) is 0.0465. The van der Waals surface area contributed by atoms with Gasteiger partial charge in [-0.25, -0.2) is 9.97 Å². The van der Waals surface area contributed by atoms with Gasteiger partial charge in [-0.15, -0.1) is 0 Å². The van der Waals surface area contributed by atoms with Crippen molar-refractivity contribution in [1.29, 1.82) is 0 Å². The summed E-state index contributed by atoms with van der Waals surface area (Å²) in [6.45, 7) is 12.8. The van der Waals surface area contributed by atoms with Crippen LogP contribution in [0.4, 0.5) is 18.9 Å². The number of carbonyl (C=O) groups is 2. The van der Waals surface area contributed by atoms with E-state index in [0.29, 0.717) is 18.5 Å². The van der Waals surface area contributed by atoms with Crippen LogP contribution < -0.4 is 4.90 Å². The number of fused-ring (bicyclic) bond motifs is 1. The number of hydrogen-bond donors (Lipinski definition) is 0. The van der Waals surface area contributed by atoms with Gasteiger partial charge < -0.3 is 13.9 Å². The fraction of sp³-hybridized carbons (Fsp3) is 0.462. The first-order valence-electron chi connectivity index (χ1n) is 12.4. The second kappa shape index (κ2) is 11.6. The molecular weight excluding hydrogens is 572 g/mol. The average Bonchev–Trinajstić information content (AvgIpc) is 3.17. The molecule has 0 saturated carbocycles. The van der Waals surface area contributed by atoms with E-state index >= 15 is 0 Å². The van der Waals surface area contributed by atoms with Gasteiger partial charge in [-0.1, -0.05) is 50.9 Å². The third-order valence-electron chi connectivity index (χ3n) is 6.94. The molecule has 212 valence electrons. The number of hydrogen-bond acceptors (Lipinski definition) is 5. The highest BCUT2D eigenvalue weighted by molar-refractivity contribution is 6.74. The van der Waals surface area contributed by atoms with Crippen molar-refractivity contribution < 1.29 is 27.2 Å². The average molecular weight is 604 g/mol. The number of alkyl halides is 3. The molecule has 0 spiro atoms. The van der Waals surface area contributed by atoms with Crippen LogP contribution in [-0.2, 0) is 11.0 Å². The summed E-state index contributed by atoms with van der Waals surface area (Å²) in [7, 11) is -2.19. The highest BCUT2D eigenvalue weighted by Gasteiger charge is 2.41. The molecule has 2 heterocycles. The van der Waals surface area contributed by atoms with Crippen LogP contribution in [0.3, 0.4) is 0 Å². The lowest BCUT2D eigenvalue weighted by molar-refractivity contribution is -0.0884. The van der Waals surface area contributed by atoms with E-state index < -0.39 is 31.7 Å². The molecule has 3 aromatic rings. The van der Waals surface area contributed by atoms with Crippen LogP contribution >= 0.6 is 23.2 Å². The molecule has 1 amide bonds. The topological polar surface area (TPSA) is 77.3 Å². The number of ketones is 1. The maximum atomic E-state index is 13.7. The van der Waals surface area contributed by atoms with E-state index in [-0.39, 0.29) is 45.1 Å². The van der Waals surface area contributed by atoms with Crippen LogP contribution in [0.5, 0.6) is 0 Å². The molecule has 0 radical (unpaired) electrons. The Hall–Kier alpha value is -2.47. The van der Waals surface area contributed by atoms with Gasteiger partial charge in [0.2, 0.25) is 0 Å². The van der Waals surface area contributed by atoms with Gasteiger partial charge in [-0.05, 0) is 42.8 Å². The number of aromatic nitrogens is 3. The molecule has 0 unspecified atom stereocenters. The van der Waals surface area contributed by atoms with Gasteiger partial charge in [0, 0.05) is 35.9 Å². The predicted octanol–water partition coefficient (Wildman–Crippen LogP) is 7.56. The van der Waals surface area contributed by atoms with Crippen molar-refractivity contribution >= 4 is 59.8 Å². The Morgan fingerprint density at radius 2 is 1.72 bits per heavy atom. The lowest BCUT2D eigenvalue weighted by atomic mass is 10.1.